The van der Waals surface area contributed by atoms with Gasteiger partial charge in [-0.2, -0.15) is 0 Å². The molecule has 0 radical (unpaired) electrons. The van der Waals surface area contributed by atoms with E-state index in [2.05, 4.69) is 12.2 Å². The number of nitrogens with one attached hydrogen (secondary N) is 1. The first-order valence-corrected chi connectivity index (χ1v) is 3.57. The van der Waals surface area contributed by atoms with Crippen LogP contribution in [0.1, 0.15) is 27.2 Å². The van der Waals surface area contributed by atoms with Gasteiger partial charge in [-0.3, -0.25) is 4.79 Å². The normalized spacial score (nSPS) is 26.7. The molecular formula is C8H13NO. The lowest BCUT2D eigenvalue weighted by atomic mass is 9.98. The van der Waals surface area contributed by atoms with Gasteiger partial charge in [0.15, 0.2) is 0 Å². The maximum absolute atomic E-state index is 10.9. The highest BCUT2D eigenvalue weighted by atomic mass is 16.1. The molecule has 0 aliphatic carbocycles. The van der Waals surface area contributed by atoms with E-state index in [0.29, 0.717) is 6.42 Å². The minimum atomic E-state index is 0.149. The van der Waals surface area contributed by atoms with Gasteiger partial charge >= 0.3 is 0 Å². The van der Waals surface area contributed by atoms with Gasteiger partial charge in [-0.25, -0.2) is 0 Å². The molecule has 0 saturated heterocycles. The van der Waals surface area contributed by atoms with Gasteiger partial charge in [0.1, 0.15) is 0 Å². The minimum Gasteiger partial charge on any atom is -0.350 e. The first kappa shape index (κ1) is 7.32. The molecule has 1 heterocycles. The van der Waals surface area contributed by atoms with Crippen molar-refractivity contribution in [3.63, 3.8) is 0 Å². The second-order valence-electron chi connectivity index (χ2n) is 2.93. The van der Waals surface area contributed by atoms with Crippen molar-refractivity contribution in [3.8, 4) is 0 Å². The molecule has 0 aromatic heterocycles. The zero-order valence-corrected chi connectivity index (χ0v) is 6.69. The number of amides is 1. The predicted molar refractivity (Wildman–Crippen MR) is 40.6 cm³/mol. The molecule has 1 rings (SSSR count). The maximum Gasteiger partial charge on any atom is 0.224 e. The van der Waals surface area contributed by atoms with E-state index in [-0.39, 0.29) is 11.9 Å². The van der Waals surface area contributed by atoms with E-state index in [1.165, 1.54) is 11.1 Å². The number of hydrogen-bond acceptors (Lipinski definition) is 1. The summed E-state index contributed by atoms with van der Waals surface area (Å²) in [4.78, 5) is 10.9. The summed E-state index contributed by atoms with van der Waals surface area (Å²) in [5.74, 6) is 0.149. The van der Waals surface area contributed by atoms with Crippen LogP contribution in [0.3, 0.4) is 0 Å². The fourth-order valence-corrected chi connectivity index (χ4v) is 1.15. The largest absolute Gasteiger partial charge is 0.350 e. The van der Waals surface area contributed by atoms with Crippen molar-refractivity contribution in [2.75, 3.05) is 0 Å². The van der Waals surface area contributed by atoms with Gasteiger partial charge in [0, 0.05) is 12.5 Å². The Kier molecular flexibility index (Phi) is 1.79. The number of carbonyl (C=O) groups is 1. The second-order valence-corrected chi connectivity index (χ2v) is 2.93. The number of hydrogen-bond donors (Lipinski definition) is 1. The Bertz CT molecular complexity index is 193. The Labute approximate surface area is 61.3 Å². The average Bonchev–Trinajstić information content (AvgIpc) is 1.82. The summed E-state index contributed by atoms with van der Waals surface area (Å²) in [7, 11) is 0. The van der Waals surface area contributed by atoms with E-state index in [0.717, 1.165) is 0 Å². The quantitative estimate of drug-likeness (QED) is 0.502. The Balaban J connectivity index is 2.84. The van der Waals surface area contributed by atoms with Crippen LogP contribution >= 0.6 is 0 Å². The van der Waals surface area contributed by atoms with Crippen LogP contribution in [0.2, 0.25) is 0 Å². The molecule has 2 nitrogen and oxygen atoms in total. The van der Waals surface area contributed by atoms with Gasteiger partial charge in [0.05, 0.1) is 0 Å². The number of carbonyl (C=O) groups excluding carboxylic acids is 1. The molecule has 56 valence electrons. The average molecular weight is 139 g/mol. The van der Waals surface area contributed by atoms with E-state index in [1.54, 1.807) is 0 Å². The Morgan fingerprint density at radius 2 is 2.10 bits per heavy atom. The SMILES string of the molecule is CC1=C(C)C(C)NC(=O)C1. The van der Waals surface area contributed by atoms with E-state index in [9.17, 15) is 4.79 Å². The summed E-state index contributed by atoms with van der Waals surface area (Å²) in [5.41, 5.74) is 2.52. The summed E-state index contributed by atoms with van der Waals surface area (Å²) in [6, 6.07) is 0.237. The Morgan fingerprint density at radius 3 is 2.60 bits per heavy atom. The lowest BCUT2D eigenvalue weighted by Gasteiger charge is -2.22. The monoisotopic (exact) mass is 139 g/mol. The standard InChI is InChI=1S/C8H13NO/c1-5-4-8(10)9-7(3)6(5)2/h7H,4H2,1-3H3,(H,9,10). The topological polar surface area (TPSA) is 29.1 Å². The molecule has 0 bridgehead atoms. The van der Waals surface area contributed by atoms with Crippen LogP contribution in [-0.4, -0.2) is 11.9 Å². The molecule has 0 aromatic rings. The molecule has 2 heteroatoms. The zero-order valence-electron chi connectivity index (χ0n) is 6.69. The molecular weight excluding hydrogens is 126 g/mol. The van der Waals surface area contributed by atoms with Crippen LogP contribution in [-0.2, 0) is 4.79 Å². The molecule has 1 unspecified atom stereocenters. The lowest BCUT2D eigenvalue weighted by Crippen LogP contribution is -2.37. The zero-order chi connectivity index (χ0) is 7.72. The molecule has 1 aliphatic heterocycles. The van der Waals surface area contributed by atoms with Crippen molar-refractivity contribution in [1.29, 1.82) is 0 Å². The highest BCUT2D eigenvalue weighted by Crippen LogP contribution is 2.16. The van der Waals surface area contributed by atoms with E-state index >= 15 is 0 Å². The first-order chi connectivity index (χ1) is 4.61. The fraction of sp³-hybridized carbons (Fsp3) is 0.625. The van der Waals surface area contributed by atoms with Gasteiger partial charge in [-0.15, -0.1) is 0 Å². The van der Waals surface area contributed by atoms with Crippen molar-refractivity contribution in [3.05, 3.63) is 11.1 Å². The highest BCUT2D eigenvalue weighted by molar-refractivity contribution is 5.80. The summed E-state index contributed by atoms with van der Waals surface area (Å²) < 4.78 is 0. The second kappa shape index (κ2) is 2.45. The van der Waals surface area contributed by atoms with Crippen LogP contribution in [0.25, 0.3) is 0 Å². The Hall–Kier alpha value is -0.790. The Morgan fingerprint density at radius 1 is 1.50 bits per heavy atom. The van der Waals surface area contributed by atoms with Crippen LogP contribution in [0.15, 0.2) is 11.1 Å². The van der Waals surface area contributed by atoms with Gasteiger partial charge < -0.3 is 5.32 Å². The van der Waals surface area contributed by atoms with E-state index in [1.807, 2.05) is 13.8 Å². The molecule has 0 aromatic carbocycles. The minimum absolute atomic E-state index is 0.149. The van der Waals surface area contributed by atoms with Crippen molar-refractivity contribution < 1.29 is 4.79 Å². The lowest BCUT2D eigenvalue weighted by molar-refractivity contribution is -0.121. The van der Waals surface area contributed by atoms with Crippen LogP contribution in [0, 0.1) is 0 Å². The van der Waals surface area contributed by atoms with Gasteiger partial charge in [-0.05, 0) is 20.8 Å². The molecule has 1 N–H and O–H groups in total. The third kappa shape index (κ3) is 1.20. The molecule has 1 aliphatic rings. The smallest absolute Gasteiger partial charge is 0.224 e. The van der Waals surface area contributed by atoms with E-state index < -0.39 is 0 Å². The molecule has 10 heavy (non-hydrogen) atoms. The highest BCUT2D eigenvalue weighted by Gasteiger charge is 2.17. The molecule has 0 fully saturated rings. The molecule has 1 amide bonds. The van der Waals surface area contributed by atoms with Crippen molar-refractivity contribution in [2.45, 2.75) is 33.2 Å². The maximum atomic E-state index is 10.9. The molecule has 0 saturated carbocycles. The number of rotatable bonds is 0. The summed E-state index contributed by atoms with van der Waals surface area (Å²) in [6.07, 6.45) is 0.580. The summed E-state index contributed by atoms with van der Waals surface area (Å²) >= 11 is 0. The van der Waals surface area contributed by atoms with Gasteiger partial charge in [0.2, 0.25) is 5.91 Å². The molecule has 1 atom stereocenters. The van der Waals surface area contributed by atoms with Crippen molar-refractivity contribution >= 4 is 5.91 Å². The molecule has 0 spiro atoms. The first-order valence-electron chi connectivity index (χ1n) is 3.57. The summed E-state index contributed by atoms with van der Waals surface area (Å²) in [6.45, 7) is 6.10. The van der Waals surface area contributed by atoms with Crippen LogP contribution in [0.4, 0.5) is 0 Å². The van der Waals surface area contributed by atoms with Crippen LogP contribution < -0.4 is 5.32 Å². The van der Waals surface area contributed by atoms with Crippen molar-refractivity contribution in [2.24, 2.45) is 0 Å². The third-order valence-electron chi connectivity index (χ3n) is 2.13. The predicted octanol–water partition coefficient (Wildman–Crippen LogP) is 1.23. The third-order valence-corrected chi connectivity index (χ3v) is 2.13. The van der Waals surface area contributed by atoms with Gasteiger partial charge in [-0.1, -0.05) is 11.1 Å². The van der Waals surface area contributed by atoms with Crippen molar-refractivity contribution in [1.82, 2.24) is 5.32 Å². The van der Waals surface area contributed by atoms with Gasteiger partial charge in [0.25, 0.3) is 0 Å². The van der Waals surface area contributed by atoms with E-state index in [4.69, 9.17) is 0 Å². The van der Waals surface area contributed by atoms with Crippen LogP contribution in [0.5, 0.6) is 0 Å². The fourth-order valence-electron chi connectivity index (χ4n) is 1.15. The summed E-state index contributed by atoms with van der Waals surface area (Å²) in [5, 5.41) is 2.86.